The molecule has 0 aromatic rings. The summed E-state index contributed by atoms with van der Waals surface area (Å²) in [6.07, 6.45) is -15.6. The maximum atomic E-state index is 9.94. The molecular weight excluding hydrogens is 320 g/mol. The monoisotopic (exact) mass is 342 g/mol. The summed E-state index contributed by atoms with van der Waals surface area (Å²) in [6, 6.07) is 0. The SMILES string of the molecule is OCC1O[C@H](O[C@H]2C(CO)O[C@@H](O)C(O)C2O)C(O)C(O)[C@@H]1O. The number of ether oxygens (including phenoxy) is 3. The summed E-state index contributed by atoms with van der Waals surface area (Å²) in [7, 11) is 0. The van der Waals surface area contributed by atoms with Crippen LogP contribution < -0.4 is 0 Å². The van der Waals surface area contributed by atoms with Gasteiger partial charge in [-0.3, -0.25) is 0 Å². The van der Waals surface area contributed by atoms with E-state index in [0.717, 1.165) is 0 Å². The first-order chi connectivity index (χ1) is 10.8. The molecule has 0 amide bonds. The minimum Gasteiger partial charge on any atom is -0.394 e. The van der Waals surface area contributed by atoms with E-state index in [1.165, 1.54) is 0 Å². The molecule has 2 aliphatic rings. The van der Waals surface area contributed by atoms with E-state index < -0.39 is 74.6 Å². The molecule has 2 aliphatic heterocycles. The fourth-order valence-electron chi connectivity index (χ4n) is 2.57. The molecule has 2 heterocycles. The van der Waals surface area contributed by atoms with Crippen molar-refractivity contribution in [1.29, 1.82) is 0 Å². The van der Waals surface area contributed by atoms with Crippen molar-refractivity contribution in [2.45, 2.75) is 61.4 Å². The van der Waals surface area contributed by atoms with Crippen molar-refractivity contribution in [3.63, 3.8) is 0 Å². The Labute approximate surface area is 130 Å². The summed E-state index contributed by atoms with van der Waals surface area (Å²) in [4.78, 5) is 0. The summed E-state index contributed by atoms with van der Waals surface area (Å²) in [5.74, 6) is 0. The molecule has 8 N–H and O–H groups in total. The van der Waals surface area contributed by atoms with Crippen LogP contribution in [0.15, 0.2) is 0 Å². The molecule has 0 saturated carbocycles. The van der Waals surface area contributed by atoms with Gasteiger partial charge in [0.2, 0.25) is 0 Å². The lowest BCUT2D eigenvalue weighted by atomic mass is 9.97. The van der Waals surface area contributed by atoms with Gasteiger partial charge in [-0.2, -0.15) is 0 Å². The zero-order valence-electron chi connectivity index (χ0n) is 12.0. The summed E-state index contributed by atoms with van der Waals surface area (Å²) in [5, 5.41) is 76.5. The second kappa shape index (κ2) is 7.63. The molecular formula is C12H22O11. The number of rotatable bonds is 4. The van der Waals surface area contributed by atoms with Crippen LogP contribution in [0.25, 0.3) is 0 Å². The number of hydrogen-bond acceptors (Lipinski definition) is 11. The van der Waals surface area contributed by atoms with Gasteiger partial charge >= 0.3 is 0 Å². The normalized spacial score (nSPS) is 51.7. The van der Waals surface area contributed by atoms with E-state index in [-0.39, 0.29) is 0 Å². The largest absolute Gasteiger partial charge is 0.394 e. The summed E-state index contributed by atoms with van der Waals surface area (Å²) in [6.45, 7) is -1.35. The van der Waals surface area contributed by atoms with Crippen LogP contribution in [0.3, 0.4) is 0 Å². The van der Waals surface area contributed by atoms with Crippen LogP contribution >= 0.6 is 0 Å². The van der Waals surface area contributed by atoms with Gasteiger partial charge in [0.1, 0.15) is 48.8 Å². The molecule has 2 rings (SSSR count). The molecule has 2 fully saturated rings. The lowest BCUT2D eigenvalue weighted by Gasteiger charge is -2.45. The Bertz CT molecular complexity index is 378. The van der Waals surface area contributed by atoms with E-state index >= 15 is 0 Å². The van der Waals surface area contributed by atoms with Crippen LogP contribution in [0, 0.1) is 0 Å². The Morgan fingerprint density at radius 3 is 1.83 bits per heavy atom. The highest BCUT2D eigenvalue weighted by Gasteiger charge is 2.50. The first-order valence-electron chi connectivity index (χ1n) is 7.08. The third-order valence-electron chi connectivity index (χ3n) is 3.98. The van der Waals surface area contributed by atoms with Gasteiger partial charge in [0.25, 0.3) is 0 Å². The first-order valence-corrected chi connectivity index (χ1v) is 7.08. The van der Waals surface area contributed by atoms with Gasteiger partial charge < -0.3 is 55.1 Å². The van der Waals surface area contributed by atoms with Crippen LogP contribution in [-0.2, 0) is 14.2 Å². The van der Waals surface area contributed by atoms with Crippen LogP contribution in [0.5, 0.6) is 0 Å². The highest BCUT2D eigenvalue weighted by Crippen LogP contribution is 2.28. The van der Waals surface area contributed by atoms with Gasteiger partial charge in [0.05, 0.1) is 13.2 Å². The molecule has 11 nitrogen and oxygen atoms in total. The molecule has 0 aliphatic carbocycles. The van der Waals surface area contributed by atoms with Crippen LogP contribution in [-0.4, -0.2) is 115 Å². The van der Waals surface area contributed by atoms with Gasteiger partial charge in [-0.15, -0.1) is 0 Å². The molecule has 0 aromatic carbocycles. The van der Waals surface area contributed by atoms with Crippen molar-refractivity contribution < 1.29 is 55.1 Å². The lowest BCUT2D eigenvalue weighted by molar-refractivity contribution is -0.355. The second-order valence-electron chi connectivity index (χ2n) is 5.53. The molecule has 10 atom stereocenters. The Morgan fingerprint density at radius 1 is 0.652 bits per heavy atom. The highest BCUT2D eigenvalue weighted by atomic mass is 16.7. The van der Waals surface area contributed by atoms with Crippen molar-refractivity contribution in [1.82, 2.24) is 0 Å². The molecule has 2 saturated heterocycles. The predicted octanol–water partition coefficient (Wildman–Crippen LogP) is -5.40. The molecule has 11 heteroatoms. The average molecular weight is 342 g/mol. The lowest BCUT2D eigenvalue weighted by Crippen LogP contribution is -2.64. The summed E-state index contributed by atoms with van der Waals surface area (Å²) < 4.78 is 15.3. The van der Waals surface area contributed by atoms with Crippen molar-refractivity contribution in [3.05, 3.63) is 0 Å². The Kier molecular flexibility index (Phi) is 6.27. The second-order valence-corrected chi connectivity index (χ2v) is 5.53. The molecule has 0 aromatic heterocycles. The van der Waals surface area contributed by atoms with Gasteiger partial charge in [0.15, 0.2) is 12.6 Å². The van der Waals surface area contributed by atoms with Crippen LogP contribution in [0.4, 0.5) is 0 Å². The smallest absolute Gasteiger partial charge is 0.187 e. The molecule has 23 heavy (non-hydrogen) atoms. The molecule has 6 unspecified atom stereocenters. The molecule has 0 spiro atoms. The minimum absolute atomic E-state index is 0.667. The van der Waals surface area contributed by atoms with E-state index in [4.69, 9.17) is 19.3 Å². The van der Waals surface area contributed by atoms with Crippen molar-refractivity contribution in [2.24, 2.45) is 0 Å². The van der Waals surface area contributed by atoms with Crippen molar-refractivity contribution >= 4 is 0 Å². The van der Waals surface area contributed by atoms with Crippen LogP contribution in [0.2, 0.25) is 0 Å². The van der Waals surface area contributed by atoms with Crippen LogP contribution in [0.1, 0.15) is 0 Å². The quantitative estimate of drug-likeness (QED) is 0.243. The Hall–Kier alpha value is -0.440. The Balaban J connectivity index is 2.11. The zero-order chi connectivity index (χ0) is 17.3. The maximum Gasteiger partial charge on any atom is 0.187 e. The van der Waals surface area contributed by atoms with Crippen molar-refractivity contribution in [2.75, 3.05) is 13.2 Å². The number of hydrogen-bond donors (Lipinski definition) is 8. The number of aliphatic hydroxyl groups is 8. The maximum absolute atomic E-state index is 9.94. The minimum atomic E-state index is -1.74. The highest BCUT2D eigenvalue weighted by molar-refractivity contribution is 4.93. The number of aliphatic hydroxyl groups excluding tert-OH is 8. The van der Waals surface area contributed by atoms with E-state index in [9.17, 15) is 35.7 Å². The van der Waals surface area contributed by atoms with E-state index in [1.807, 2.05) is 0 Å². The Morgan fingerprint density at radius 2 is 1.26 bits per heavy atom. The topological polar surface area (TPSA) is 190 Å². The van der Waals surface area contributed by atoms with Crippen molar-refractivity contribution in [3.8, 4) is 0 Å². The van der Waals surface area contributed by atoms with E-state index in [2.05, 4.69) is 0 Å². The zero-order valence-corrected chi connectivity index (χ0v) is 12.0. The van der Waals surface area contributed by atoms with E-state index in [0.29, 0.717) is 0 Å². The van der Waals surface area contributed by atoms with Gasteiger partial charge in [-0.1, -0.05) is 0 Å². The molecule has 0 bridgehead atoms. The van der Waals surface area contributed by atoms with E-state index in [1.54, 1.807) is 0 Å². The molecule has 0 radical (unpaired) electrons. The molecule has 136 valence electrons. The summed E-state index contributed by atoms with van der Waals surface area (Å²) in [5.41, 5.74) is 0. The van der Waals surface area contributed by atoms with Gasteiger partial charge in [-0.05, 0) is 0 Å². The van der Waals surface area contributed by atoms with Gasteiger partial charge in [0, 0.05) is 0 Å². The fourth-order valence-corrected chi connectivity index (χ4v) is 2.57. The first kappa shape index (κ1) is 18.9. The third kappa shape index (κ3) is 3.65. The average Bonchev–Trinajstić information content (AvgIpc) is 2.55. The third-order valence-corrected chi connectivity index (χ3v) is 3.98. The predicted molar refractivity (Wildman–Crippen MR) is 68.6 cm³/mol. The standard InChI is InChI=1S/C12H22O11/c13-1-3-5(15)6(16)9(19)12(22-3)23-10-4(2-14)21-11(20)8(18)7(10)17/h3-20H,1-2H2/t3?,4?,5-,6?,7?,8?,9?,10+,11-,12-/m1/s1. The fraction of sp³-hybridized carbons (Fsp3) is 1.00. The van der Waals surface area contributed by atoms with Gasteiger partial charge in [-0.25, -0.2) is 0 Å². The summed E-state index contributed by atoms with van der Waals surface area (Å²) >= 11 is 0.